The molecule has 1 aromatic carbocycles. The van der Waals surface area contributed by atoms with Crippen molar-refractivity contribution in [2.45, 2.75) is 45.7 Å². The summed E-state index contributed by atoms with van der Waals surface area (Å²) in [4.78, 5) is 11.7. The Morgan fingerprint density at radius 2 is 2.16 bits per heavy atom. The van der Waals surface area contributed by atoms with Crippen molar-refractivity contribution >= 4 is 6.03 Å². The molecule has 2 rings (SSSR count). The molecule has 0 aliphatic carbocycles. The number of aryl methyl sites for hydroxylation is 1. The number of carbonyl (C=O) groups is 1. The highest BCUT2D eigenvalue weighted by Gasteiger charge is 2.14. The van der Waals surface area contributed by atoms with Gasteiger partial charge >= 0.3 is 6.03 Å². The van der Waals surface area contributed by atoms with E-state index in [2.05, 4.69) is 16.7 Å². The molecule has 0 saturated carbocycles. The predicted molar refractivity (Wildman–Crippen MR) is 75.4 cm³/mol. The Labute approximate surface area is 114 Å². The van der Waals surface area contributed by atoms with E-state index in [4.69, 9.17) is 4.74 Å². The first-order valence-electron chi connectivity index (χ1n) is 6.75. The van der Waals surface area contributed by atoms with Gasteiger partial charge in [0, 0.05) is 12.1 Å². The van der Waals surface area contributed by atoms with E-state index < -0.39 is 0 Å². The third-order valence-corrected chi connectivity index (χ3v) is 2.91. The summed E-state index contributed by atoms with van der Waals surface area (Å²) in [7, 11) is 0. The Kier molecular flexibility index (Phi) is 3.98. The van der Waals surface area contributed by atoms with Crippen LogP contribution < -0.4 is 15.4 Å². The molecule has 1 heterocycles. The van der Waals surface area contributed by atoms with Crippen molar-refractivity contribution < 1.29 is 9.53 Å². The minimum Gasteiger partial charge on any atom is -0.493 e. The highest BCUT2D eigenvalue weighted by atomic mass is 16.5. The fourth-order valence-corrected chi connectivity index (χ4v) is 2.09. The molecular weight excluding hydrogens is 240 g/mol. The maximum Gasteiger partial charge on any atom is 0.315 e. The van der Waals surface area contributed by atoms with Gasteiger partial charge in [-0.25, -0.2) is 4.79 Å². The summed E-state index contributed by atoms with van der Waals surface area (Å²) in [6.07, 6.45) is 2.12. The van der Waals surface area contributed by atoms with Crippen LogP contribution in [0.25, 0.3) is 0 Å². The molecule has 0 bridgehead atoms. The van der Waals surface area contributed by atoms with Gasteiger partial charge in [-0.3, -0.25) is 0 Å². The summed E-state index contributed by atoms with van der Waals surface area (Å²) in [6, 6.07) is 5.97. The van der Waals surface area contributed by atoms with Crippen LogP contribution in [-0.4, -0.2) is 18.2 Å². The van der Waals surface area contributed by atoms with Crippen LogP contribution in [0, 0.1) is 0 Å². The van der Waals surface area contributed by atoms with Gasteiger partial charge in [-0.1, -0.05) is 12.1 Å². The normalized spacial score (nSPS) is 14.3. The molecule has 0 spiro atoms. The standard InChI is InChI=1S/C15H22N2O2/c1-15(2,3)17-14(18)16-10-11-6-7-13-12(9-11)5-4-8-19-13/h6-7,9H,4-5,8,10H2,1-3H3,(H2,16,17,18). The van der Waals surface area contributed by atoms with Crippen LogP contribution in [0.15, 0.2) is 18.2 Å². The number of urea groups is 1. The third-order valence-electron chi connectivity index (χ3n) is 2.91. The fourth-order valence-electron chi connectivity index (χ4n) is 2.09. The minimum absolute atomic E-state index is 0.138. The second-order valence-corrected chi connectivity index (χ2v) is 5.95. The molecule has 19 heavy (non-hydrogen) atoms. The maximum absolute atomic E-state index is 11.7. The quantitative estimate of drug-likeness (QED) is 0.860. The first-order valence-corrected chi connectivity index (χ1v) is 6.75. The van der Waals surface area contributed by atoms with E-state index in [0.29, 0.717) is 6.54 Å². The Morgan fingerprint density at radius 1 is 1.37 bits per heavy atom. The molecule has 4 heteroatoms. The van der Waals surface area contributed by atoms with Crippen molar-refractivity contribution in [2.24, 2.45) is 0 Å². The number of hydrogen-bond donors (Lipinski definition) is 2. The second kappa shape index (κ2) is 5.51. The molecule has 1 aromatic rings. The number of nitrogens with one attached hydrogen (secondary N) is 2. The lowest BCUT2D eigenvalue weighted by Gasteiger charge is -2.21. The van der Waals surface area contributed by atoms with Crippen LogP contribution in [0.4, 0.5) is 4.79 Å². The van der Waals surface area contributed by atoms with Crippen molar-refractivity contribution in [3.63, 3.8) is 0 Å². The van der Waals surface area contributed by atoms with Gasteiger partial charge in [-0.2, -0.15) is 0 Å². The Hall–Kier alpha value is -1.71. The summed E-state index contributed by atoms with van der Waals surface area (Å²) < 4.78 is 5.57. The van der Waals surface area contributed by atoms with E-state index in [1.165, 1.54) is 5.56 Å². The molecule has 2 amide bonds. The lowest BCUT2D eigenvalue weighted by atomic mass is 10.0. The van der Waals surface area contributed by atoms with Gasteiger partial charge in [0.1, 0.15) is 5.75 Å². The van der Waals surface area contributed by atoms with E-state index in [-0.39, 0.29) is 11.6 Å². The number of hydrogen-bond acceptors (Lipinski definition) is 2. The number of amides is 2. The average Bonchev–Trinajstić information content (AvgIpc) is 2.34. The summed E-state index contributed by atoms with van der Waals surface area (Å²) in [5.41, 5.74) is 2.13. The molecule has 0 unspecified atom stereocenters. The van der Waals surface area contributed by atoms with Crippen LogP contribution in [0.2, 0.25) is 0 Å². The van der Waals surface area contributed by atoms with Crippen molar-refractivity contribution in [1.29, 1.82) is 0 Å². The zero-order valence-corrected chi connectivity index (χ0v) is 11.9. The predicted octanol–water partition coefficient (Wildman–Crippen LogP) is 2.61. The van der Waals surface area contributed by atoms with Gasteiger partial charge in [-0.15, -0.1) is 0 Å². The number of carbonyl (C=O) groups excluding carboxylic acids is 1. The fraction of sp³-hybridized carbons (Fsp3) is 0.533. The first-order chi connectivity index (χ1) is 8.94. The van der Waals surface area contributed by atoms with Gasteiger partial charge < -0.3 is 15.4 Å². The molecule has 0 saturated heterocycles. The topological polar surface area (TPSA) is 50.4 Å². The molecule has 104 valence electrons. The smallest absolute Gasteiger partial charge is 0.315 e. The molecule has 2 N–H and O–H groups in total. The number of benzene rings is 1. The Morgan fingerprint density at radius 3 is 2.89 bits per heavy atom. The monoisotopic (exact) mass is 262 g/mol. The lowest BCUT2D eigenvalue weighted by molar-refractivity contribution is 0.231. The first kappa shape index (κ1) is 13.7. The summed E-state index contributed by atoms with van der Waals surface area (Å²) >= 11 is 0. The van der Waals surface area contributed by atoms with Gasteiger partial charge in [0.05, 0.1) is 6.61 Å². The van der Waals surface area contributed by atoms with Crippen molar-refractivity contribution in [1.82, 2.24) is 10.6 Å². The van der Waals surface area contributed by atoms with Gasteiger partial charge in [-0.05, 0) is 50.8 Å². The van der Waals surface area contributed by atoms with E-state index in [1.54, 1.807) is 0 Å². The zero-order chi connectivity index (χ0) is 13.9. The van der Waals surface area contributed by atoms with Crippen molar-refractivity contribution in [3.8, 4) is 5.75 Å². The molecule has 1 aliphatic rings. The minimum atomic E-state index is -0.215. The second-order valence-electron chi connectivity index (χ2n) is 5.95. The maximum atomic E-state index is 11.7. The Balaban J connectivity index is 1.91. The summed E-state index contributed by atoms with van der Waals surface area (Å²) in [5, 5.41) is 5.75. The van der Waals surface area contributed by atoms with Crippen LogP contribution >= 0.6 is 0 Å². The molecule has 0 aromatic heterocycles. The largest absolute Gasteiger partial charge is 0.493 e. The summed E-state index contributed by atoms with van der Waals surface area (Å²) in [6.45, 7) is 7.22. The highest BCUT2D eigenvalue weighted by Crippen LogP contribution is 2.25. The number of rotatable bonds is 2. The van der Waals surface area contributed by atoms with Gasteiger partial charge in [0.25, 0.3) is 0 Å². The molecule has 4 nitrogen and oxygen atoms in total. The van der Waals surface area contributed by atoms with Crippen LogP contribution in [-0.2, 0) is 13.0 Å². The number of fused-ring (bicyclic) bond motifs is 1. The summed E-state index contributed by atoms with van der Waals surface area (Å²) in [5.74, 6) is 0.981. The van der Waals surface area contributed by atoms with E-state index in [9.17, 15) is 4.79 Å². The SMILES string of the molecule is CC(C)(C)NC(=O)NCc1ccc2c(c1)CCCO2. The molecule has 0 atom stereocenters. The molecule has 0 radical (unpaired) electrons. The zero-order valence-electron chi connectivity index (χ0n) is 11.9. The van der Waals surface area contributed by atoms with Crippen LogP contribution in [0.5, 0.6) is 5.75 Å². The molecule has 0 fully saturated rings. The van der Waals surface area contributed by atoms with Gasteiger partial charge in [0.2, 0.25) is 0 Å². The molecular formula is C15H22N2O2. The van der Waals surface area contributed by atoms with E-state index >= 15 is 0 Å². The lowest BCUT2D eigenvalue weighted by Crippen LogP contribution is -2.46. The molecule has 1 aliphatic heterocycles. The van der Waals surface area contributed by atoms with Gasteiger partial charge in [0.15, 0.2) is 0 Å². The van der Waals surface area contributed by atoms with E-state index in [1.807, 2.05) is 32.9 Å². The highest BCUT2D eigenvalue weighted by molar-refractivity contribution is 5.74. The van der Waals surface area contributed by atoms with Crippen LogP contribution in [0.3, 0.4) is 0 Å². The van der Waals surface area contributed by atoms with Crippen molar-refractivity contribution in [2.75, 3.05) is 6.61 Å². The Bertz CT molecular complexity index is 464. The van der Waals surface area contributed by atoms with E-state index in [0.717, 1.165) is 30.8 Å². The third kappa shape index (κ3) is 4.16. The van der Waals surface area contributed by atoms with Crippen molar-refractivity contribution in [3.05, 3.63) is 29.3 Å². The number of ether oxygens (including phenoxy) is 1. The van der Waals surface area contributed by atoms with Crippen LogP contribution in [0.1, 0.15) is 38.3 Å². The average molecular weight is 262 g/mol.